The molecule has 0 spiro atoms. The molecular formula is C11H22N2O2. The number of likely N-dealkylation sites (tertiary alicyclic amines) is 1. The van der Waals surface area contributed by atoms with Crippen molar-refractivity contribution in [1.29, 1.82) is 0 Å². The Hall–Kier alpha value is -0.610. The first-order valence-electron chi connectivity index (χ1n) is 5.58. The molecule has 0 saturated carbocycles. The number of hydrogen-bond acceptors (Lipinski definition) is 4. The van der Waals surface area contributed by atoms with E-state index in [1.807, 2.05) is 6.92 Å². The number of piperidine rings is 1. The minimum atomic E-state index is -0.199. The monoisotopic (exact) mass is 214 g/mol. The van der Waals surface area contributed by atoms with Gasteiger partial charge < -0.3 is 15.0 Å². The Labute approximate surface area is 92.0 Å². The Kier molecular flexibility index (Phi) is 4.54. The molecule has 1 saturated heterocycles. The van der Waals surface area contributed by atoms with Crippen LogP contribution in [0.2, 0.25) is 0 Å². The SMILES string of the molecule is COC(=O)C(C)NC1CCN(C)C(C)C1. The van der Waals surface area contributed by atoms with Crippen molar-refractivity contribution in [3.8, 4) is 0 Å². The third-order valence-corrected chi connectivity index (χ3v) is 3.25. The number of ether oxygens (including phenoxy) is 1. The van der Waals surface area contributed by atoms with Gasteiger partial charge in [0.15, 0.2) is 0 Å². The molecule has 0 aromatic carbocycles. The average Bonchev–Trinajstić information content (AvgIpc) is 2.22. The van der Waals surface area contributed by atoms with Gasteiger partial charge in [-0.25, -0.2) is 0 Å². The number of rotatable bonds is 3. The van der Waals surface area contributed by atoms with E-state index in [0.717, 1.165) is 19.4 Å². The van der Waals surface area contributed by atoms with Crippen molar-refractivity contribution in [3.05, 3.63) is 0 Å². The van der Waals surface area contributed by atoms with Gasteiger partial charge in [-0.2, -0.15) is 0 Å². The highest BCUT2D eigenvalue weighted by Crippen LogP contribution is 2.15. The summed E-state index contributed by atoms with van der Waals surface area (Å²) in [6.45, 7) is 5.16. The summed E-state index contributed by atoms with van der Waals surface area (Å²) in [6.07, 6.45) is 2.19. The molecule has 4 nitrogen and oxygen atoms in total. The normalized spacial score (nSPS) is 29.9. The van der Waals surface area contributed by atoms with Gasteiger partial charge in [-0.05, 0) is 40.3 Å². The molecular weight excluding hydrogens is 192 g/mol. The molecule has 3 atom stereocenters. The highest BCUT2D eigenvalue weighted by molar-refractivity contribution is 5.75. The third kappa shape index (κ3) is 3.47. The predicted molar refractivity (Wildman–Crippen MR) is 59.7 cm³/mol. The first-order valence-corrected chi connectivity index (χ1v) is 5.58. The van der Waals surface area contributed by atoms with Crippen LogP contribution in [0.3, 0.4) is 0 Å². The van der Waals surface area contributed by atoms with Crippen molar-refractivity contribution >= 4 is 5.97 Å². The van der Waals surface area contributed by atoms with Crippen molar-refractivity contribution in [2.75, 3.05) is 20.7 Å². The summed E-state index contributed by atoms with van der Waals surface area (Å²) in [6, 6.07) is 0.821. The van der Waals surface area contributed by atoms with Crippen LogP contribution in [0.5, 0.6) is 0 Å². The average molecular weight is 214 g/mol. The lowest BCUT2D eigenvalue weighted by Gasteiger charge is -2.36. The largest absolute Gasteiger partial charge is 0.468 e. The van der Waals surface area contributed by atoms with Crippen LogP contribution < -0.4 is 5.32 Å². The van der Waals surface area contributed by atoms with E-state index in [4.69, 9.17) is 0 Å². The van der Waals surface area contributed by atoms with Crippen molar-refractivity contribution in [1.82, 2.24) is 10.2 Å². The maximum atomic E-state index is 11.2. The molecule has 0 amide bonds. The maximum absolute atomic E-state index is 11.2. The Balaban J connectivity index is 2.36. The zero-order valence-electron chi connectivity index (χ0n) is 10.1. The second-order valence-electron chi connectivity index (χ2n) is 4.46. The van der Waals surface area contributed by atoms with Gasteiger partial charge in [-0.3, -0.25) is 4.79 Å². The van der Waals surface area contributed by atoms with E-state index in [0.29, 0.717) is 12.1 Å². The fourth-order valence-electron chi connectivity index (χ4n) is 2.04. The molecule has 88 valence electrons. The molecule has 1 N–H and O–H groups in total. The molecule has 4 heteroatoms. The fraction of sp³-hybridized carbons (Fsp3) is 0.909. The first-order chi connectivity index (χ1) is 7.04. The highest BCUT2D eigenvalue weighted by Gasteiger charge is 2.25. The number of carbonyl (C=O) groups is 1. The van der Waals surface area contributed by atoms with Crippen molar-refractivity contribution < 1.29 is 9.53 Å². The van der Waals surface area contributed by atoms with Gasteiger partial charge in [-0.1, -0.05) is 0 Å². The summed E-state index contributed by atoms with van der Waals surface area (Å²) in [5.74, 6) is -0.179. The molecule has 1 aliphatic rings. The highest BCUT2D eigenvalue weighted by atomic mass is 16.5. The van der Waals surface area contributed by atoms with Gasteiger partial charge in [-0.15, -0.1) is 0 Å². The van der Waals surface area contributed by atoms with Gasteiger partial charge in [0.2, 0.25) is 0 Å². The number of nitrogens with one attached hydrogen (secondary N) is 1. The van der Waals surface area contributed by atoms with Crippen LogP contribution in [0.4, 0.5) is 0 Å². The number of carbonyl (C=O) groups excluding carboxylic acids is 1. The van der Waals surface area contributed by atoms with Crippen molar-refractivity contribution in [3.63, 3.8) is 0 Å². The van der Waals surface area contributed by atoms with Gasteiger partial charge in [0.25, 0.3) is 0 Å². The van der Waals surface area contributed by atoms with Crippen LogP contribution in [0.1, 0.15) is 26.7 Å². The van der Waals surface area contributed by atoms with Crippen LogP contribution in [0.25, 0.3) is 0 Å². The summed E-state index contributed by atoms with van der Waals surface area (Å²) in [7, 11) is 3.57. The third-order valence-electron chi connectivity index (χ3n) is 3.25. The Bertz CT molecular complexity index is 221. The zero-order chi connectivity index (χ0) is 11.4. The molecule has 1 fully saturated rings. The molecule has 1 aliphatic heterocycles. The van der Waals surface area contributed by atoms with Crippen LogP contribution in [0.15, 0.2) is 0 Å². The summed E-state index contributed by atoms with van der Waals surface area (Å²) in [5, 5.41) is 3.32. The smallest absolute Gasteiger partial charge is 0.322 e. The quantitative estimate of drug-likeness (QED) is 0.699. The molecule has 1 rings (SSSR count). The number of esters is 1. The summed E-state index contributed by atoms with van der Waals surface area (Å²) < 4.78 is 4.69. The topological polar surface area (TPSA) is 41.6 Å². The lowest BCUT2D eigenvalue weighted by atomic mass is 9.98. The molecule has 1 heterocycles. The Morgan fingerprint density at radius 1 is 1.60 bits per heavy atom. The van der Waals surface area contributed by atoms with E-state index in [-0.39, 0.29) is 12.0 Å². The van der Waals surface area contributed by atoms with E-state index in [2.05, 4.69) is 28.9 Å². The molecule has 15 heavy (non-hydrogen) atoms. The van der Waals surface area contributed by atoms with Gasteiger partial charge in [0.1, 0.15) is 6.04 Å². The molecule has 0 aromatic rings. The van der Waals surface area contributed by atoms with E-state index < -0.39 is 0 Å². The minimum absolute atomic E-state index is 0.179. The summed E-state index contributed by atoms with van der Waals surface area (Å²) in [5.41, 5.74) is 0. The number of nitrogens with zero attached hydrogens (tertiary/aromatic N) is 1. The molecule has 0 radical (unpaired) electrons. The van der Waals surface area contributed by atoms with E-state index in [1.54, 1.807) is 0 Å². The fourth-order valence-corrected chi connectivity index (χ4v) is 2.04. The van der Waals surface area contributed by atoms with E-state index >= 15 is 0 Å². The van der Waals surface area contributed by atoms with Gasteiger partial charge in [0.05, 0.1) is 7.11 Å². The predicted octanol–water partition coefficient (Wildman–Crippen LogP) is 0.620. The lowest BCUT2D eigenvalue weighted by molar-refractivity contribution is -0.143. The zero-order valence-corrected chi connectivity index (χ0v) is 10.1. The summed E-state index contributed by atoms with van der Waals surface area (Å²) in [4.78, 5) is 13.6. The van der Waals surface area contributed by atoms with Crippen LogP contribution in [-0.2, 0) is 9.53 Å². The van der Waals surface area contributed by atoms with Crippen LogP contribution in [-0.4, -0.2) is 49.7 Å². The maximum Gasteiger partial charge on any atom is 0.322 e. The van der Waals surface area contributed by atoms with Crippen molar-refractivity contribution in [2.45, 2.75) is 44.8 Å². The Morgan fingerprint density at radius 3 is 2.80 bits per heavy atom. The van der Waals surface area contributed by atoms with Crippen LogP contribution >= 0.6 is 0 Å². The standard InChI is InChI=1S/C11H22N2O2/c1-8-7-10(5-6-13(8)3)12-9(2)11(14)15-4/h8-10,12H,5-7H2,1-4H3. The summed E-state index contributed by atoms with van der Waals surface area (Å²) >= 11 is 0. The van der Waals surface area contributed by atoms with Crippen molar-refractivity contribution in [2.24, 2.45) is 0 Å². The molecule has 0 aromatic heterocycles. The second-order valence-corrected chi connectivity index (χ2v) is 4.46. The van der Waals surface area contributed by atoms with Crippen LogP contribution in [0, 0.1) is 0 Å². The molecule has 0 bridgehead atoms. The van der Waals surface area contributed by atoms with Gasteiger partial charge >= 0.3 is 5.97 Å². The first kappa shape index (κ1) is 12.5. The van der Waals surface area contributed by atoms with E-state index in [9.17, 15) is 4.79 Å². The Morgan fingerprint density at radius 2 is 2.27 bits per heavy atom. The number of methoxy groups -OCH3 is 1. The van der Waals surface area contributed by atoms with E-state index in [1.165, 1.54) is 7.11 Å². The van der Waals surface area contributed by atoms with Gasteiger partial charge in [0, 0.05) is 12.1 Å². The molecule has 0 aliphatic carbocycles. The minimum Gasteiger partial charge on any atom is -0.468 e. The second kappa shape index (κ2) is 5.47. The molecule has 3 unspecified atom stereocenters. The lowest BCUT2D eigenvalue weighted by Crippen LogP contribution is -2.49. The number of hydrogen-bond donors (Lipinski definition) is 1.